The summed E-state index contributed by atoms with van der Waals surface area (Å²) in [5.74, 6) is -2.16. The number of methoxy groups -OCH3 is 4. The molecule has 16 nitrogen and oxygen atoms in total. The molecule has 28 heteroatoms. The van der Waals surface area contributed by atoms with Crippen LogP contribution in [0.4, 0.5) is 17.6 Å². The highest BCUT2D eigenvalue weighted by Crippen LogP contribution is 2.32. The van der Waals surface area contributed by atoms with Crippen molar-refractivity contribution in [3.8, 4) is 0 Å². The Labute approximate surface area is 428 Å². The molecular weight excluding hydrogens is 1250 g/mol. The van der Waals surface area contributed by atoms with E-state index in [0.717, 1.165) is 0 Å². The van der Waals surface area contributed by atoms with Gasteiger partial charge in [-0.15, -0.1) is 0 Å². The first-order valence-electron chi connectivity index (χ1n) is 19.1. The van der Waals surface area contributed by atoms with Crippen molar-refractivity contribution in [3.63, 3.8) is 0 Å². The molecule has 0 aliphatic rings. The van der Waals surface area contributed by atoms with Gasteiger partial charge in [-0.3, -0.25) is 0 Å². The number of rotatable bonds is 16. The maximum Gasteiger partial charge on any atom is 0.214 e. The Morgan fingerprint density at radius 3 is 0.618 bits per heavy atom. The average molecular weight is 1300 g/mol. The molecule has 0 heterocycles. The summed E-state index contributed by atoms with van der Waals surface area (Å²) in [6.45, 7) is 5.52. The van der Waals surface area contributed by atoms with E-state index in [-0.39, 0.29) is 22.3 Å². The molecule has 4 aromatic rings. The zero-order valence-electron chi connectivity index (χ0n) is 37.4. The fourth-order valence-corrected chi connectivity index (χ4v) is 9.65. The van der Waals surface area contributed by atoms with Crippen molar-refractivity contribution in [1.29, 1.82) is 0 Å². The molecule has 384 valence electrons. The van der Waals surface area contributed by atoms with E-state index in [9.17, 15) is 51.2 Å². The van der Waals surface area contributed by atoms with E-state index in [2.05, 4.69) is 63.7 Å². The van der Waals surface area contributed by atoms with Crippen LogP contribution >= 0.6 is 63.7 Å². The Hall–Kier alpha value is -2.00. The van der Waals surface area contributed by atoms with Crippen LogP contribution in [0.3, 0.4) is 0 Å². The maximum absolute atomic E-state index is 13.7. The topological polar surface area (TPSA) is 278 Å². The van der Waals surface area contributed by atoms with E-state index < -0.39 is 109 Å². The normalized spacial score (nSPS) is 15.6. The second-order valence-corrected chi connectivity index (χ2v) is 25.8. The minimum Gasteiger partial charge on any atom is -0.375 e. The fraction of sp³-hybridized carbons (Fsp3) is 0.400. The number of ether oxygens (including phenoxy) is 4. The van der Waals surface area contributed by atoms with Gasteiger partial charge in [0, 0.05) is 68.6 Å². The Balaban J connectivity index is 0.000000453. The molecule has 8 atom stereocenters. The van der Waals surface area contributed by atoms with Gasteiger partial charge in [0.1, 0.15) is 68.7 Å². The van der Waals surface area contributed by atoms with Crippen LogP contribution in [-0.2, 0) is 59.0 Å². The summed E-state index contributed by atoms with van der Waals surface area (Å²) in [5, 5.41) is 16.0. The summed E-state index contributed by atoms with van der Waals surface area (Å²) in [6.07, 6.45) is -3.73. The second-order valence-electron chi connectivity index (χ2n) is 14.5. The van der Waals surface area contributed by atoms with E-state index in [1.54, 1.807) is 24.3 Å². The number of hydrogen-bond donors (Lipinski definition) is 4. The van der Waals surface area contributed by atoms with Crippen LogP contribution in [0.1, 0.15) is 74.4 Å². The Morgan fingerprint density at radius 1 is 0.368 bits per heavy atom. The standard InChI is InChI=1S/4C10H13BrFNO3S/c4*1-6(17(13,14)15)10(16-2)8-4-3-7(11)5-9(8)12/h4*3-6,10H,1-2H3,(H2,13,14,15)/t2*6-,10+;2*6-,10-/m1010/s1. The number of halogens is 8. The summed E-state index contributed by atoms with van der Waals surface area (Å²) in [4.78, 5) is 0. The third kappa shape index (κ3) is 19.5. The van der Waals surface area contributed by atoms with Crippen molar-refractivity contribution in [2.75, 3.05) is 28.4 Å². The lowest BCUT2D eigenvalue weighted by molar-refractivity contribution is 0.0990. The summed E-state index contributed by atoms with van der Waals surface area (Å²) < 4.78 is 167. The second kappa shape index (κ2) is 27.7. The van der Waals surface area contributed by atoms with Gasteiger partial charge in [0.25, 0.3) is 0 Å². The molecule has 0 bridgehead atoms. The predicted molar refractivity (Wildman–Crippen MR) is 266 cm³/mol. The largest absolute Gasteiger partial charge is 0.375 e. The average Bonchev–Trinajstić information content (AvgIpc) is 3.21. The summed E-state index contributed by atoms with van der Waals surface area (Å²) in [7, 11) is -9.92. The molecule has 68 heavy (non-hydrogen) atoms. The molecule has 0 spiro atoms. The van der Waals surface area contributed by atoms with Crippen molar-refractivity contribution in [2.24, 2.45) is 20.6 Å². The Morgan fingerprint density at radius 2 is 0.515 bits per heavy atom. The maximum atomic E-state index is 13.7. The quantitative estimate of drug-likeness (QED) is 0.0782. The summed E-state index contributed by atoms with van der Waals surface area (Å²) in [6, 6.07) is 17.3. The van der Waals surface area contributed by atoms with Gasteiger partial charge in [0.05, 0.1) is 0 Å². The van der Waals surface area contributed by atoms with Crippen molar-refractivity contribution in [3.05, 3.63) is 136 Å². The van der Waals surface area contributed by atoms with Crippen LogP contribution in [-0.4, -0.2) is 83.1 Å². The van der Waals surface area contributed by atoms with Gasteiger partial charge in [-0.25, -0.2) is 71.8 Å². The van der Waals surface area contributed by atoms with Gasteiger partial charge in [0.2, 0.25) is 40.1 Å². The highest BCUT2D eigenvalue weighted by atomic mass is 79.9. The number of sulfonamides is 4. The van der Waals surface area contributed by atoms with E-state index in [4.69, 9.17) is 39.5 Å². The van der Waals surface area contributed by atoms with E-state index in [1.165, 1.54) is 105 Å². The molecule has 0 aliphatic carbocycles. The minimum atomic E-state index is -3.79. The molecule has 0 saturated carbocycles. The lowest BCUT2D eigenvalue weighted by Crippen LogP contribution is -2.32. The number of primary sulfonamides is 4. The zero-order valence-corrected chi connectivity index (χ0v) is 47.0. The Kier molecular flexibility index (Phi) is 26.1. The molecule has 0 radical (unpaired) electrons. The first-order valence-corrected chi connectivity index (χ1v) is 28.7. The molecule has 8 N–H and O–H groups in total. The smallest absolute Gasteiger partial charge is 0.214 e. The van der Waals surface area contributed by atoms with Crippen LogP contribution in [0, 0.1) is 23.3 Å². The highest BCUT2D eigenvalue weighted by molar-refractivity contribution is 9.11. The third-order valence-electron chi connectivity index (χ3n) is 9.87. The predicted octanol–water partition coefficient (Wildman–Crippen LogP) is 7.81. The molecule has 0 saturated heterocycles. The SMILES string of the molecule is CO[C@@H](c1ccc(Br)cc1F)[C@@H](C)S(N)(=O)=O.CO[C@@H](c1ccc(Br)cc1F)[C@H](C)S(N)(=O)=O.CO[C@H](c1ccc(Br)cc1F)[C@@H](C)S(N)(=O)=O.CO[C@H](c1ccc(Br)cc1F)[C@H](C)S(N)(=O)=O. The molecule has 4 aromatic carbocycles. The van der Waals surface area contributed by atoms with Gasteiger partial charge < -0.3 is 18.9 Å². The van der Waals surface area contributed by atoms with E-state index in [1.807, 2.05) is 0 Å². The number of benzene rings is 4. The van der Waals surface area contributed by atoms with Crippen molar-refractivity contribution >= 4 is 104 Å². The van der Waals surface area contributed by atoms with E-state index in [0.29, 0.717) is 17.9 Å². The highest BCUT2D eigenvalue weighted by Gasteiger charge is 2.33. The third-order valence-corrected chi connectivity index (χ3v) is 17.0. The summed E-state index contributed by atoms with van der Waals surface area (Å²) >= 11 is 12.5. The van der Waals surface area contributed by atoms with Crippen molar-refractivity contribution in [2.45, 2.75) is 73.1 Å². The van der Waals surface area contributed by atoms with Crippen LogP contribution in [0.5, 0.6) is 0 Å². The molecule has 4 rings (SSSR count). The van der Waals surface area contributed by atoms with Crippen molar-refractivity contribution in [1.82, 2.24) is 0 Å². The number of nitrogens with two attached hydrogens (primary N) is 4. The molecule has 0 aliphatic heterocycles. The van der Waals surface area contributed by atoms with Crippen LogP contribution < -0.4 is 20.6 Å². The van der Waals surface area contributed by atoms with Crippen LogP contribution in [0.15, 0.2) is 90.7 Å². The van der Waals surface area contributed by atoms with Crippen LogP contribution in [0.25, 0.3) is 0 Å². The molecule has 0 amide bonds. The zero-order chi connectivity index (χ0) is 52.9. The number of hydrogen-bond acceptors (Lipinski definition) is 12. The van der Waals surface area contributed by atoms with Crippen molar-refractivity contribution < 1.29 is 70.2 Å². The Bertz CT molecular complexity index is 2400. The van der Waals surface area contributed by atoms with Crippen LogP contribution in [0.2, 0.25) is 0 Å². The minimum absolute atomic E-state index is 0.164. The van der Waals surface area contributed by atoms with Gasteiger partial charge in [-0.05, 0) is 76.2 Å². The first kappa shape index (κ1) is 64.0. The van der Waals surface area contributed by atoms with Gasteiger partial charge >= 0.3 is 0 Å². The summed E-state index contributed by atoms with van der Waals surface area (Å²) in [5.41, 5.74) is 0.656. The first-order chi connectivity index (χ1) is 31.1. The molecular formula is C40H52Br4F4N4O12S4. The molecule has 0 aromatic heterocycles. The monoisotopic (exact) mass is 1300 g/mol. The van der Waals surface area contributed by atoms with Gasteiger partial charge in [-0.1, -0.05) is 88.0 Å². The van der Waals surface area contributed by atoms with E-state index >= 15 is 0 Å². The fourth-order valence-electron chi connectivity index (χ4n) is 5.90. The lowest BCUT2D eigenvalue weighted by atomic mass is 10.1. The lowest BCUT2D eigenvalue weighted by Gasteiger charge is -2.21. The molecule has 0 unspecified atom stereocenters. The van der Waals surface area contributed by atoms with Gasteiger partial charge in [0.15, 0.2) is 0 Å². The molecule has 0 fully saturated rings. The van der Waals surface area contributed by atoms with Gasteiger partial charge in [-0.2, -0.15) is 0 Å².